The monoisotopic (exact) mass is 585 g/mol. The summed E-state index contributed by atoms with van der Waals surface area (Å²) in [4.78, 5) is 0.185. The average Bonchev–Trinajstić information content (AvgIpc) is 3.17. The molecule has 1 aliphatic carbocycles. The molecule has 1 aliphatic rings. The number of alkyl halides is 3. The second-order valence-corrected chi connectivity index (χ2v) is 12.1. The van der Waals surface area contributed by atoms with Crippen LogP contribution in [0.4, 0.5) is 13.2 Å². The van der Waals surface area contributed by atoms with Crippen LogP contribution in [0.2, 0.25) is 10.0 Å². The predicted molar refractivity (Wildman–Crippen MR) is 143 cm³/mol. The van der Waals surface area contributed by atoms with Crippen molar-refractivity contribution in [3.8, 4) is 5.75 Å². The molecule has 0 aliphatic heterocycles. The molecule has 38 heavy (non-hydrogen) atoms. The number of aliphatic hydroxyl groups is 1. The number of hydrogen-bond donors (Lipinski definition) is 2. The summed E-state index contributed by atoms with van der Waals surface area (Å²) in [6, 6.07) is 14.9. The van der Waals surface area contributed by atoms with Gasteiger partial charge < -0.3 is 14.4 Å². The molecule has 0 amide bonds. The number of fused-ring (bicyclic) bond motifs is 3. The fourth-order valence-electron chi connectivity index (χ4n) is 5.18. The van der Waals surface area contributed by atoms with E-state index in [4.69, 9.17) is 23.2 Å². The predicted octanol–water partition coefficient (Wildman–Crippen LogP) is 7.12. The lowest BCUT2D eigenvalue weighted by Gasteiger charge is -2.37. The molecule has 0 bridgehead atoms. The van der Waals surface area contributed by atoms with Gasteiger partial charge in [0.05, 0.1) is 17.0 Å². The van der Waals surface area contributed by atoms with Crippen LogP contribution in [-0.2, 0) is 9.92 Å². The van der Waals surface area contributed by atoms with E-state index in [1.807, 2.05) is 24.3 Å². The first kappa shape index (κ1) is 27.1. The van der Waals surface area contributed by atoms with Crippen LogP contribution in [0.1, 0.15) is 25.3 Å². The van der Waals surface area contributed by atoms with Crippen molar-refractivity contribution in [3.05, 3.63) is 70.7 Å². The van der Waals surface area contributed by atoms with Crippen molar-refractivity contribution in [1.29, 1.82) is 0 Å². The van der Waals surface area contributed by atoms with Gasteiger partial charge in [-0.25, -0.2) is 13.3 Å². The molecule has 0 spiro atoms. The van der Waals surface area contributed by atoms with Gasteiger partial charge in [0.25, 0.3) is 0 Å². The molecule has 0 radical (unpaired) electrons. The standard InChI is InChI=1S/C26H24Cl2F3N3O3S/c1-32-38(36,18-9-7-17(8-10-18)37-26(29,30)31)33-21-3-2-4-24(25(21)35)34-22-11-5-15(27)13-19(22)20-14-16(28)6-12-23(20)34/h5-14,21,24-25,35H,2-4H2,1H3,(H,32,33,36)/t21-,24+,25+,38?/m1/s1. The molecule has 1 saturated carbocycles. The minimum atomic E-state index is -4.83. The quantitative estimate of drug-likeness (QED) is 0.262. The van der Waals surface area contributed by atoms with Gasteiger partial charge in [0.2, 0.25) is 0 Å². The Morgan fingerprint density at radius 1 is 1.00 bits per heavy atom. The molecule has 1 heterocycles. The number of hydrogen-bond acceptors (Lipinski definition) is 4. The summed E-state index contributed by atoms with van der Waals surface area (Å²) in [6.45, 7) is 0. The lowest BCUT2D eigenvalue weighted by Crippen LogP contribution is -2.49. The number of benzene rings is 3. The molecule has 202 valence electrons. The molecule has 6 nitrogen and oxygen atoms in total. The zero-order chi connectivity index (χ0) is 27.2. The Kier molecular flexibility index (Phi) is 7.30. The lowest BCUT2D eigenvalue weighted by atomic mass is 9.88. The minimum Gasteiger partial charge on any atom is -0.406 e. The van der Waals surface area contributed by atoms with E-state index < -0.39 is 34.2 Å². The van der Waals surface area contributed by atoms with Crippen molar-refractivity contribution < 1.29 is 27.2 Å². The number of rotatable bonds is 5. The molecule has 5 rings (SSSR count). The van der Waals surface area contributed by atoms with Crippen LogP contribution < -0.4 is 9.46 Å². The van der Waals surface area contributed by atoms with Crippen LogP contribution in [0, 0.1) is 0 Å². The van der Waals surface area contributed by atoms with E-state index in [0.29, 0.717) is 22.9 Å². The maximum Gasteiger partial charge on any atom is 0.573 e. The summed E-state index contributed by atoms with van der Waals surface area (Å²) in [7, 11) is -1.89. The van der Waals surface area contributed by atoms with Crippen LogP contribution in [-0.4, -0.2) is 39.4 Å². The first-order chi connectivity index (χ1) is 18.0. The molecule has 1 unspecified atom stereocenters. The number of ether oxygens (including phenoxy) is 1. The smallest absolute Gasteiger partial charge is 0.406 e. The van der Waals surface area contributed by atoms with E-state index in [0.717, 1.165) is 40.4 Å². The molecular weight excluding hydrogens is 562 g/mol. The summed E-state index contributed by atoms with van der Waals surface area (Å²) in [6.07, 6.45) is -3.82. The van der Waals surface area contributed by atoms with Crippen LogP contribution in [0.15, 0.2) is 69.9 Å². The molecule has 4 atom stereocenters. The molecule has 4 aromatic rings. The summed E-state index contributed by atoms with van der Waals surface area (Å²) >= 11 is 12.6. The summed E-state index contributed by atoms with van der Waals surface area (Å²) in [5.41, 5.74) is 1.77. The lowest BCUT2D eigenvalue weighted by molar-refractivity contribution is -0.274. The number of nitrogens with zero attached hydrogens (tertiary/aromatic N) is 2. The van der Waals surface area contributed by atoms with Crippen molar-refractivity contribution in [2.24, 2.45) is 4.36 Å². The Balaban J connectivity index is 1.48. The third kappa shape index (κ3) is 5.20. The normalized spacial score (nSPS) is 21.9. The number of nitrogens with one attached hydrogen (secondary N) is 1. The van der Waals surface area contributed by atoms with E-state index in [1.165, 1.54) is 19.2 Å². The summed E-state index contributed by atoms with van der Waals surface area (Å²) in [5, 5.41) is 14.5. The second kappa shape index (κ2) is 10.2. The Labute approximate surface area is 227 Å². The van der Waals surface area contributed by atoms with E-state index in [1.54, 1.807) is 12.1 Å². The highest BCUT2D eigenvalue weighted by atomic mass is 35.5. The zero-order valence-corrected chi connectivity index (χ0v) is 22.4. The maximum atomic E-state index is 13.8. The first-order valence-electron chi connectivity index (χ1n) is 11.8. The van der Waals surface area contributed by atoms with E-state index in [9.17, 15) is 22.5 Å². The van der Waals surface area contributed by atoms with Crippen LogP contribution >= 0.6 is 23.2 Å². The second-order valence-electron chi connectivity index (χ2n) is 9.13. The van der Waals surface area contributed by atoms with E-state index in [-0.39, 0.29) is 10.9 Å². The van der Waals surface area contributed by atoms with Gasteiger partial charge >= 0.3 is 6.36 Å². The molecular formula is C26H24Cl2F3N3O3S. The minimum absolute atomic E-state index is 0.185. The van der Waals surface area contributed by atoms with Gasteiger partial charge in [-0.05, 0) is 79.9 Å². The zero-order valence-electron chi connectivity index (χ0n) is 20.1. The van der Waals surface area contributed by atoms with Crippen molar-refractivity contribution >= 4 is 54.9 Å². The summed E-state index contributed by atoms with van der Waals surface area (Å²) in [5.74, 6) is -0.427. The molecule has 1 fully saturated rings. The van der Waals surface area contributed by atoms with Gasteiger partial charge in [0, 0.05) is 44.9 Å². The first-order valence-corrected chi connectivity index (χ1v) is 14.1. The van der Waals surface area contributed by atoms with Crippen LogP contribution in [0.25, 0.3) is 21.8 Å². The Hall–Kier alpha value is -2.50. The van der Waals surface area contributed by atoms with Crippen LogP contribution in [0.5, 0.6) is 5.75 Å². The Morgan fingerprint density at radius 2 is 1.58 bits per heavy atom. The van der Waals surface area contributed by atoms with Gasteiger partial charge in [-0.1, -0.05) is 23.2 Å². The van der Waals surface area contributed by atoms with Gasteiger partial charge in [0.15, 0.2) is 0 Å². The summed E-state index contributed by atoms with van der Waals surface area (Å²) < 4.78 is 64.4. The van der Waals surface area contributed by atoms with Crippen molar-refractivity contribution in [3.63, 3.8) is 0 Å². The maximum absolute atomic E-state index is 13.8. The topological polar surface area (TPSA) is 75.9 Å². The van der Waals surface area contributed by atoms with Gasteiger partial charge in [-0.3, -0.25) is 0 Å². The highest BCUT2D eigenvalue weighted by Gasteiger charge is 2.37. The van der Waals surface area contributed by atoms with Gasteiger partial charge in [0.1, 0.15) is 15.7 Å². The van der Waals surface area contributed by atoms with Crippen molar-refractivity contribution in [2.75, 3.05) is 7.05 Å². The Bertz CT molecular complexity index is 1560. The van der Waals surface area contributed by atoms with Gasteiger partial charge in [-0.2, -0.15) is 0 Å². The van der Waals surface area contributed by atoms with E-state index >= 15 is 0 Å². The van der Waals surface area contributed by atoms with Crippen LogP contribution in [0.3, 0.4) is 0 Å². The fourth-order valence-corrected chi connectivity index (χ4v) is 7.15. The number of aromatic nitrogens is 1. The third-order valence-electron chi connectivity index (χ3n) is 6.82. The number of aliphatic hydroxyl groups excluding tert-OH is 1. The largest absolute Gasteiger partial charge is 0.573 e. The van der Waals surface area contributed by atoms with E-state index in [2.05, 4.69) is 18.4 Å². The SMILES string of the molecule is CN=S(=O)(N[C@@H]1CCC[C@H](n2c3ccc(Cl)cc3c3cc(Cl)ccc32)[C@H]1O)c1ccc(OC(F)(F)F)cc1. The van der Waals surface area contributed by atoms with Crippen molar-refractivity contribution in [1.82, 2.24) is 9.29 Å². The third-order valence-corrected chi connectivity index (χ3v) is 9.34. The molecule has 0 saturated heterocycles. The highest BCUT2D eigenvalue weighted by Crippen LogP contribution is 2.40. The molecule has 2 N–H and O–H groups in total. The average molecular weight is 586 g/mol. The van der Waals surface area contributed by atoms with Gasteiger partial charge in [-0.15, -0.1) is 13.2 Å². The molecule has 1 aromatic heterocycles. The fraction of sp³-hybridized carbons (Fsp3) is 0.308. The Morgan fingerprint density at radius 3 is 2.11 bits per heavy atom. The molecule has 12 heteroatoms. The number of halogens is 5. The highest BCUT2D eigenvalue weighted by molar-refractivity contribution is 7.91. The van der Waals surface area contributed by atoms with Crippen molar-refractivity contribution in [2.45, 2.75) is 48.7 Å². The molecule has 3 aromatic carbocycles.